The first-order chi connectivity index (χ1) is 9.72. The monoisotopic (exact) mass is 270 g/mol. The Kier molecular flexibility index (Phi) is 6.78. The van der Waals surface area contributed by atoms with Crippen molar-refractivity contribution >= 4 is 5.91 Å². The lowest BCUT2D eigenvalue weighted by Gasteiger charge is -2.23. The van der Waals surface area contributed by atoms with E-state index in [9.17, 15) is 4.79 Å². The van der Waals surface area contributed by atoms with Crippen LogP contribution in [-0.2, 0) is 11.3 Å². The summed E-state index contributed by atoms with van der Waals surface area (Å²) in [6.45, 7) is 2.67. The molecule has 1 rings (SSSR count). The third kappa shape index (κ3) is 4.70. The maximum absolute atomic E-state index is 12.3. The van der Waals surface area contributed by atoms with Gasteiger partial charge < -0.3 is 4.90 Å². The number of amides is 1. The molecule has 1 atom stereocenters. The number of hydrogen-bond acceptors (Lipinski definition) is 4. The standard InChI is InChI=1S/C15H18N4O/c1-2-5-14(10-17)15(20)19(9-4-7-16)12-13-6-3-8-18-11-13/h3,6,8,11,14H,2,4-5,9,12H2,1H3. The molecule has 0 aliphatic carbocycles. The first-order valence-corrected chi connectivity index (χ1v) is 6.67. The SMILES string of the molecule is CCCC(C#N)C(=O)N(CCC#N)Cc1cccnc1. The third-order valence-corrected chi connectivity index (χ3v) is 2.93. The Balaban J connectivity index is 2.80. The smallest absolute Gasteiger partial charge is 0.240 e. The van der Waals surface area contributed by atoms with E-state index in [2.05, 4.69) is 11.1 Å². The number of rotatable bonds is 7. The second-order valence-corrected chi connectivity index (χ2v) is 4.50. The van der Waals surface area contributed by atoms with Gasteiger partial charge in [-0.2, -0.15) is 10.5 Å². The molecule has 1 heterocycles. The van der Waals surface area contributed by atoms with E-state index in [4.69, 9.17) is 10.5 Å². The van der Waals surface area contributed by atoms with Gasteiger partial charge in [0.15, 0.2) is 0 Å². The first-order valence-electron chi connectivity index (χ1n) is 6.67. The minimum Gasteiger partial charge on any atom is -0.336 e. The Hall–Kier alpha value is -2.40. The van der Waals surface area contributed by atoms with Crippen molar-refractivity contribution in [3.63, 3.8) is 0 Å². The Morgan fingerprint density at radius 3 is 2.85 bits per heavy atom. The highest BCUT2D eigenvalue weighted by Gasteiger charge is 2.23. The van der Waals surface area contributed by atoms with Gasteiger partial charge in [-0.15, -0.1) is 0 Å². The first kappa shape index (κ1) is 15.7. The van der Waals surface area contributed by atoms with Crippen LogP contribution in [0, 0.1) is 28.6 Å². The molecule has 0 spiro atoms. The summed E-state index contributed by atoms with van der Waals surface area (Å²) in [6.07, 6.45) is 4.94. The molecule has 20 heavy (non-hydrogen) atoms. The molecular weight excluding hydrogens is 252 g/mol. The van der Waals surface area contributed by atoms with Crippen LogP contribution in [0.5, 0.6) is 0 Å². The molecule has 0 aliphatic rings. The van der Waals surface area contributed by atoms with Gasteiger partial charge in [-0.1, -0.05) is 19.4 Å². The van der Waals surface area contributed by atoms with Crippen molar-refractivity contribution in [2.45, 2.75) is 32.7 Å². The third-order valence-electron chi connectivity index (χ3n) is 2.93. The van der Waals surface area contributed by atoms with E-state index in [-0.39, 0.29) is 12.3 Å². The second kappa shape index (κ2) is 8.66. The summed E-state index contributed by atoms with van der Waals surface area (Å²) in [4.78, 5) is 17.9. The zero-order valence-electron chi connectivity index (χ0n) is 11.6. The molecule has 1 aromatic heterocycles. The number of carbonyl (C=O) groups is 1. The van der Waals surface area contributed by atoms with Crippen LogP contribution in [0.4, 0.5) is 0 Å². The van der Waals surface area contributed by atoms with Crippen LogP contribution in [0.3, 0.4) is 0 Å². The fourth-order valence-electron chi connectivity index (χ4n) is 1.92. The summed E-state index contributed by atoms with van der Waals surface area (Å²) in [5.41, 5.74) is 0.895. The van der Waals surface area contributed by atoms with Crippen molar-refractivity contribution in [1.82, 2.24) is 9.88 Å². The zero-order chi connectivity index (χ0) is 14.8. The predicted octanol–water partition coefficient (Wildman–Crippen LogP) is 2.26. The molecular formula is C15H18N4O. The van der Waals surface area contributed by atoms with Crippen LogP contribution in [-0.4, -0.2) is 22.3 Å². The van der Waals surface area contributed by atoms with Gasteiger partial charge in [-0.25, -0.2) is 0 Å². The van der Waals surface area contributed by atoms with Gasteiger partial charge in [0.25, 0.3) is 0 Å². The summed E-state index contributed by atoms with van der Waals surface area (Å²) < 4.78 is 0. The van der Waals surface area contributed by atoms with Crippen LogP contribution in [0.2, 0.25) is 0 Å². The Morgan fingerprint density at radius 1 is 1.50 bits per heavy atom. The molecule has 0 saturated heterocycles. The summed E-state index contributed by atoms with van der Waals surface area (Å²) >= 11 is 0. The minimum atomic E-state index is -0.629. The fraction of sp³-hybridized carbons (Fsp3) is 0.467. The van der Waals surface area contributed by atoms with Gasteiger partial charge in [0.2, 0.25) is 5.91 Å². The lowest BCUT2D eigenvalue weighted by molar-refractivity contribution is -0.134. The molecule has 0 bridgehead atoms. The molecule has 0 aromatic carbocycles. The molecule has 1 amide bonds. The summed E-state index contributed by atoms with van der Waals surface area (Å²) in [6, 6.07) is 7.77. The number of pyridine rings is 1. The summed E-state index contributed by atoms with van der Waals surface area (Å²) in [5.74, 6) is -0.830. The van der Waals surface area contributed by atoms with E-state index in [1.54, 1.807) is 23.4 Å². The molecule has 1 aromatic rings. The zero-order valence-corrected chi connectivity index (χ0v) is 11.6. The molecule has 1 unspecified atom stereocenters. The number of carbonyl (C=O) groups excluding carboxylic acids is 1. The van der Waals surface area contributed by atoms with Crippen LogP contribution in [0.1, 0.15) is 31.7 Å². The Bertz CT molecular complexity index is 501. The Labute approximate surface area is 119 Å². The number of aromatic nitrogens is 1. The van der Waals surface area contributed by atoms with Gasteiger partial charge >= 0.3 is 0 Å². The van der Waals surface area contributed by atoms with E-state index < -0.39 is 5.92 Å². The molecule has 0 radical (unpaired) electrons. The quantitative estimate of drug-likeness (QED) is 0.761. The Morgan fingerprint density at radius 2 is 2.30 bits per heavy atom. The second-order valence-electron chi connectivity index (χ2n) is 4.50. The molecule has 0 fully saturated rings. The van der Waals surface area contributed by atoms with E-state index in [1.807, 2.05) is 19.1 Å². The summed E-state index contributed by atoms with van der Waals surface area (Å²) in [7, 11) is 0. The highest BCUT2D eigenvalue weighted by molar-refractivity contribution is 5.81. The van der Waals surface area contributed by atoms with E-state index >= 15 is 0 Å². The van der Waals surface area contributed by atoms with Crippen LogP contribution >= 0.6 is 0 Å². The van der Waals surface area contributed by atoms with Crippen molar-refractivity contribution in [2.75, 3.05) is 6.54 Å². The van der Waals surface area contributed by atoms with Crippen molar-refractivity contribution in [3.05, 3.63) is 30.1 Å². The maximum Gasteiger partial charge on any atom is 0.240 e. The van der Waals surface area contributed by atoms with E-state index in [0.29, 0.717) is 19.5 Å². The number of nitrogens with zero attached hydrogens (tertiary/aromatic N) is 4. The van der Waals surface area contributed by atoms with Crippen molar-refractivity contribution < 1.29 is 4.79 Å². The molecule has 5 heteroatoms. The van der Waals surface area contributed by atoms with Crippen molar-refractivity contribution in [3.8, 4) is 12.1 Å². The van der Waals surface area contributed by atoms with E-state index in [0.717, 1.165) is 12.0 Å². The largest absolute Gasteiger partial charge is 0.336 e. The van der Waals surface area contributed by atoms with Gasteiger partial charge in [0.05, 0.1) is 18.6 Å². The fourth-order valence-corrected chi connectivity index (χ4v) is 1.92. The maximum atomic E-state index is 12.3. The van der Waals surface area contributed by atoms with Crippen molar-refractivity contribution in [1.29, 1.82) is 10.5 Å². The number of nitriles is 2. The molecule has 0 saturated carbocycles. The molecule has 0 N–H and O–H groups in total. The topological polar surface area (TPSA) is 80.8 Å². The van der Waals surface area contributed by atoms with Crippen LogP contribution < -0.4 is 0 Å². The van der Waals surface area contributed by atoms with Crippen LogP contribution in [0.15, 0.2) is 24.5 Å². The minimum absolute atomic E-state index is 0.201. The van der Waals surface area contributed by atoms with Crippen molar-refractivity contribution in [2.24, 2.45) is 5.92 Å². The molecule has 0 aliphatic heterocycles. The predicted molar refractivity (Wildman–Crippen MR) is 73.9 cm³/mol. The highest BCUT2D eigenvalue weighted by Crippen LogP contribution is 2.13. The normalized spacial score (nSPS) is 11.2. The number of hydrogen-bond donors (Lipinski definition) is 0. The van der Waals surface area contributed by atoms with Gasteiger partial charge in [0, 0.05) is 25.5 Å². The lowest BCUT2D eigenvalue weighted by atomic mass is 10.0. The van der Waals surface area contributed by atoms with Gasteiger partial charge in [0.1, 0.15) is 5.92 Å². The van der Waals surface area contributed by atoms with Crippen LogP contribution in [0.25, 0.3) is 0 Å². The average Bonchev–Trinajstić information content (AvgIpc) is 2.49. The highest BCUT2D eigenvalue weighted by atomic mass is 16.2. The van der Waals surface area contributed by atoms with E-state index in [1.165, 1.54) is 0 Å². The van der Waals surface area contributed by atoms with Gasteiger partial charge in [-0.05, 0) is 18.1 Å². The lowest BCUT2D eigenvalue weighted by Crippen LogP contribution is -2.36. The summed E-state index contributed by atoms with van der Waals surface area (Å²) in [5, 5.41) is 17.8. The van der Waals surface area contributed by atoms with Gasteiger partial charge in [-0.3, -0.25) is 9.78 Å². The molecule has 5 nitrogen and oxygen atoms in total. The average molecular weight is 270 g/mol. The molecule has 104 valence electrons.